The number of hydrogen-bond acceptors (Lipinski definition) is 1. The number of benzene rings is 2. The maximum Gasteiger partial charge on any atom is 0.0830 e. The molecule has 1 atom stereocenters. The minimum atomic E-state index is -0.420. The molecule has 1 unspecified atom stereocenters. The second kappa shape index (κ2) is 6.11. The average molecular weight is 331 g/mol. The summed E-state index contributed by atoms with van der Waals surface area (Å²) < 4.78 is 1.07. The molecule has 0 radical (unpaired) electrons. The van der Waals surface area contributed by atoms with Crippen molar-refractivity contribution in [3.05, 3.63) is 69.7 Å². The fourth-order valence-electron chi connectivity index (χ4n) is 2.72. The zero-order valence-electron chi connectivity index (χ0n) is 11.4. The molecule has 20 heavy (non-hydrogen) atoms. The van der Waals surface area contributed by atoms with Gasteiger partial charge in [0.2, 0.25) is 0 Å². The molecule has 2 heteroatoms. The molecule has 1 saturated carbocycles. The first kappa shape index (κ1) is 13.8. The van der Waals surface area contributed by atoms with Gasteiger partial charge in [0.15, 0.2) is 0 Å². The predicted molar refractivity (Wildman–Crippen MR) is 85.8 cm³/mol. The monoisotopic (exact) mass is 330 g/mol. The number of hydrogen-bond donors (Lipinski definition) is 1. The van der Waals surface area contributed by atoms with Gasteiger partial charge in [0, 0.05) is 10.9 Å². The molecule has 1 N–H and O–H groups in total. The van der Waals surface area contributed by atoms with E-state index in [1.54, 1.807) is 0 Å². The van der Waals surface area contributed by atoms with Crippen molar-refractivity contribution in [1.29, 1.82) is 0 Å². The first-order valence-corrected chi connectivity index (χ1v) is 8.04. The second-order valence-corrected chi connectivity index (χ2v) is 6.56. The molecular formula is C18H19BrO. The highest BCUT2D eigenvalue weighted by Gasteiger charge is 2.20. The van der Waals surface area contributed by atoms with Gasteiger partial charge in [-0.05, 0) is 47.6 Å². The van der Waals surface area contributed by atoms with E-state index in [0.29, 0.717) is 6.42 Å². The zero-order valence-corrected chi connectivity index (χ0v) is 13.0. The minimum Gasteiger partial charge on any atom is -0.388 e. The van der Waals surface area contributed by atoms with Crippen LogP contribution in [0.1, 0.15) is 48.0 Å². The fraction of sp³-hybridized carbons (Fsp3) is 0.333. The van der Waals surface area contributed by atoms with Gasteiger partial charge in [-0.1, -0.05) is 58.7 Å². The summed E-state index contributed by atoms with van der Waals surface area (Å²) >= 11 is 3.43. The lowest BCUT2D eigenvalue weighted by Crippen LogP contribution is -2.10. The molecule has 2 aromatic carbocycles. The van der Waals surface area contributed by atoms with E-state index in [4.69, 9.17) is 0 Å². The summed E-state index contributed by atoms with van der Waals surface area (Å²) in [7, 11) is 0. The van der Waals surface area contributed by atoms with Crippen LogP contribution < -0.4 is 0 Å². The van der Waals surface area contributed by atoms with Crippen LogP contribution in [0, 0.1) is 0 Å². The Morgan fingerprint density at radius 3 is 2.50 bits per heavy atom. The van der Waals surface area contributed by atoms with E-state index >= 15 is 0 Å². The van der Waals surface area contributed by atoms with Crippen molar-refractivity contribution in [2.45, 2.75) is 37.7 Å². The SMILES string of the molecule is OC(Cc1ccc(Br)cc1)c1cccc(C2CCC2)c1. The largest absolute Gasteiger partial charge is 0.388 e. The van der Waals surface area contributed by atoms with Crippen molar-refractivity contribution in [3.63, 3.8) is 0 Å². The van der Waals surface area contributed by atoms with Crippen molar-refractivity contribution in [2.24, 2.45) is 0 Å². The molecule has 104 valence electrons. The van der Waals surface area contributed by atoms with Crippen LogP contribution in [0.5, 0.6) is 0 Å². The van der Waals surface area contributed by atoms with Crippen LogP contribution in [0.3, 0.4) is 0 Å². The fourth-order valence-corrected chi connectivity index (χ4v) is 2.99. The highest BCUT2D eigenvalue weighted by atomic mass is 79.9. The molecule has 0 amide bonds. The van der Waals surface area contributed by atoms with Gasteiger partial charge in [0.05, 0.1) is 6.10 Å². The van der Waals surface area contributed by atoms with E-state index in [-0.39, 0.29) is 0 Å². The highest BCUT2D eigenvalue weighted by Crippen LogP contribution is 2.37. The van der Waals surface area contributed by atoms with Crippen LogP contribution >= 0.6 is 15.9 Å². The zero-order chi connectivity index (χ0) is 13.9. The Hall–Kier alpha value is -1.12. The molecule has 0 spiro atoms. The van der Waals surface area contributed by atoms with E-state index in [1.165, 1.54) is 24.8 Å². The molecule has 2 aromatic rings. The normalized spacial score (nSPS) is 16.7. The smallest absolute Gasteiger partial charge is 0.0830 e. The number of aliphatic hydroxyl groups excluding tert-OH is 1. The number of rotatable bonds is 4. The lowest BCUT2D eigenvalue weighted by molar-refractivity contribution is 0.178. The summed E-state index contributed by atoms with van der Waals surface area (Å²) in [5.74, 6) is 0.717. The van der Waals surface area contributed by atoms with E-state index in [0.717, 1.165) is 21.5 Å². The molecule has 0 bridgehead atoms. The molecule has 0 saturated heterocycles. The minimum absolute atomic E-state index is 0.420. The molecule has 1 nitrogen and oxygen atoms in total. The molecule has 1 aliphatic carbocycles. The Morgan fingerprint density at radius 1 is 1.10 bits per heavy atom. The quantitative estimate of drug-likeness (QED) is 0.836. The number of halogens is 1. The van der Waals surface area contributed by atoms with Gasteiger partial charge >= 0.3 is 0 Å². The summed E-state index contributed by atoms with van der Waals surface area (Å²) in [6.07, 6.45) is 4.19. The van der Waals surface area contributed by atoms with Crippen LogP contribution in [0.2, 0.25) is 0 Å². The maximum absolute atomic E-state index is 10.4. The first-order chi connectivity index (χ1) is 9.72. The van der Waals surface area contributed by atoms with Crippen molar-refractivity contribution in [2.75, 3.05) is 0 Å². The van der Waals surface area contributed by atoms with Crippen molar-refractivity contribution in [3.8, 4) is 0 Å². The molecule has 0 aliphatic heterocycles. The lowest BCUT2D eigenvalue weighted by atomic mass is 9.79. The summed E-state index contributed by atoms with van der Waals surface area (Å²) in [6.45, 7) is 0. The Morgan fingerprint density at radius 2 is 1.85 bits per heavy atom. The standard InChI is InChI=1S/C18H19BrO/c19-17-9-7-13(8-10-17)11-18(20)16-6-2-5-15(12-16)14-3-1-4-14/h2,5-10,12,14,18,20H,1,3-4,11H2. The molecule has 3 rings (SSSR count). The molecule has 1 aliphatic rings. The first-order valence-electron chi connectivity index (χ1n) is 7.25. The molecule has 0 heterocycles. The third-order valence-corrected chi connectivity index (χ3v) is 4.74. The van der Waals surface area contributed by atoms with E-state index in [1.807, 2.05) is 18.2 Å². The lowest BCUT2D eigenvalue weighted by Gasteiger charge is -2.26. The van der Waals surface area contributed by atoms with Gasteiger partial charge in [-0.25, -0.2) is 0 Å². The summed E-state index contributed by atoms with van der Waals surface area (Å²) in [5.41, 5.74) is 3.59. The summed E-state index contributed by atoms with van der Waals surface area (Å²) in [4.78, 5) is 0. The predicted octanol–water partition coefficient (Wildman–Crippen LogP) is 4.99. The molecule has 0 aromatic heterocycles. The Bertz CT molecular complexity index is 572. The Labute approximate surface area is 128 Å². The molecule has 1 fully saturated rings. The van der Waals surface area contributed by atoms with E-state index in [9.17, 15) is 5.11 Å². The van der Waals surface area contributed by atoms with Crippen molar-refractivity contribution >= 4 is 15.9 Å². The van der Waals surface area contributed by atoms with E-state index in [2.05, 4.69) is 46.3 Å². The summed E-state index contributed by atoms with van der Waals surface area (Å²) in [5, 5.41) is 10.4. The van der Waals surface area contributed by atoms with Crippen LogP contribution in [0.15, 0.2) is 53.0 Å². The van der Waals surface area contributed by atoms with Gasteiger partial charge in [0.1, 0.15) is 0 Å². The molecular weight excluding hydrogens is 312 g/mol. The Kier molecular flexibility index (Phi) is 4.23. The van der Waals surface area contributed by atoms with Crippen LogP contribution in [0.4, 0.5) is 0 Å². The van der Waals surface area contributed by atoms with Gasteiger partial charge in [-0.2, -0.15) is 0 Å². The van der Waals surface area contributed by atoms with Gasteiger partial charge in [-0.3, -0.25) is 0 Å². The maximum atomic E-state index is 10.4. The topological polar surface area (TPSA) is 20.2 Å². The summed E-state index contributed by atoms with van der Waals surface area (Å²) in [6, 6.07) is 16.7. The van der Waals surface area contributed by atoms with Gasteiger partial charge in [-0.15, -0.1) is 0 Å². The van der Waals surface area contributed by atoms with Crippen LogP contribution in [-0.2, 0) is 6.42 Å². The second-order valence-electron chi connectivity index (χ2n) is 5.64. The third-order valence-electron chi connectivity index (χ3n) is 4.21. The van der Waals surface area contributed by atoms with Crippen LogP contribution in [-0.4, -0.2) is 5.11 Å². The van der Waals surface area contributed by atoms with Gasteiger partial charge < -0.3 is 5.11 Å². The third kappa shape index (κ3) is 3.13. The van der Waals surface area contributed by atoms with Crippen molar-refractivity contribution < 1.29 is 5.11 Å². The van der Waals surface area contributed by atoms with Gasteiger partial charge in [0.25, 0.3) is 0 Å². The average Bonchev–Trinajstić information content (AvgIpc) is 2.40. The van der Waals surface area contributed by atoms with Crippen LogP contribution in [0.25, 0.3) is 0 Å². The van der Waals surface area contributed by atoms with Crippen molar-refractivity contribution in [1.82, 2.24) is 0 Å². The number of aliphatic hydroxyl groups is 1. The Balaban J connectivity index is 1.72. The highest BCUT2D eigenvalue weighted by molar-refractivity contribution is 9.10. The van der Waals surface area contributed by atoms with E-state index < -0.39 is 6.10 Å².